The molecular weight excluding hydrogens is 1020 g/mol. The van der Waals surface area contributed by atoms with Gasteiger partial charge in [-0.2, -0.15) is 12.1 Å². The van der Waals surface area contributed by atoms with Crippen LogP contribution in [0.15, 0.2) is 109 Å². The molecule has 2 radical (unpaired) electrons. The summed E-state index contributed by atoms with van der Waals surface area (Å²) in [7, 11) is 8.43. The zero-order chi connectivity index (χ0) is 50.6. The molecule has 0 spiro atoms. The normalized spacial score (nSPS) is 16.5. The molecule has 2 fully saturated rings. The van der Waals surface area contributed by atoms with Crippen LogP contribution in [0.5, 0.6) is 0 Å². The van der Waals surface area contributed by atoms with Gasteiger partial charge in [-0.3, -0.25) is 0 Å². The zero-order valence-electron chi connectivity index (χ0n) is 45.7. The van der Waals surface area contributed by atoms with Crippen LogP contribution in [0.1, 0.15) is 153 Å². The molecule has 0 N–H and O–H groups in total. The van der Waals surface area contributed by atoms with Gasteiger partial charge in [-0.1, -0.05) is 238 Å². The van der Waals surface area contributed by atoms with Crippen LogP contribution in [0.2, 0.25) is 52.4 Å². The van der Waals surface area contributed by atoms with Crippen molar-refractivity contribution < 1.29 is 20.8 Å². The van der Waals surface area contributed by atoms with Crippen LogP contribution in [0.3, 0.4) is 0 Å². The van der Waals surface area contributed by atoms with E-state index in [4.69, 9.17) is 17.0 Å². The molecule has 0 bridgehead atoms. The first-order chi connectivity index (χ1) is 33.6. The topological polar surface area (TPSA) is 0 Å². The standard InChI is InChI=1S/2C31H43Si.C2H6Si.2ClH.Zr/c2*1-5-19-31(20-10-8-6-7-9-11-21-31)24-25-22-27-13-12-14-29(30(27)23-25)26-15-17-28(18-16-26)32(2,3)4;1-3-2;;;/h2*12-18,22-23H,5-11,19-21,24H2,1-4H3;1-2H3;2*1H;/q2*-1;;;;+4/p-2. The number of hydrogen-bond donors (Lipinski definition) is 0. The predicted octanol–water partition coefficient (Wildman–Crippen LogP) is 20.6. The summed E-state index contributed by atoms with van der Waals surface area (Å²) in [5.41, 5.74) is 9.69. The summed E-state index contributed by atoms with van der Waals surface area (Å²) < 4.78 is 0. The second-order valence-electron chi connectivity index (χ2n) is 23.7. The first-order valence-corrected chi connectivity index (χ1v) is 43.1. The van der Waals surface area contributed by atoms with Crippen molar-refractivity contribution >= 4 is 74.6 Å². The van der Waals surface area contributed by atoms with E-state index in [9.17, 15) is 0 Å². The second kappa shape index (κ2) is 29.3. The third kappa shape index (κ3) is 17.7. The molecule has 8 rings (SSSR count). The van der Waals surface area contributed by atoms with E-state index in [0.29, 0.717) is 10.8 Å². The molecule has 70 heavy (non-hydrogen) atoms. The van der Waals surface area contributed by atoms with E-state index in [1.54, 1.807) is 21.5 Å². The SMILES string of the molecule is CCCC1(Cc2cc3c(-c4ccc([Si](C)(C)C)cc4)cccc3[cH-]2)CCCCCCCC1.CCCC1(Cc2cc3c(-c4ccc([Si](C)(C)C)cc4)cccc3[cH-]2)CCCCCCCC1.C[Si]C.[Cl][Zr+2][Cl]. The number of hydrogen-bond acceptors (Lipinski definition) is 0. The third-order valence-corrected chi connectivity index (χ3v) is 19.9. The summed E-state index contributed by atoms with van der Waals surface area (Å²) in [6, 6.07) is 42.7. The summed E-state index contributed by atoms with van der Waals surface area (Å²) in [6.07, 6.45) is 30.9. The van der Waals surface area contributed by atoms with Crippen LogP contribution < -0.4 is 10.4 Å². The molecule has 378 valence electrons. The molecular formula is C64H92Cl2Si3Zr. The summed E-state index contributed by atoms with van der Waals surface area (Å²) in [5.74, 6) is 0. The molecule has 0 amide bonds. The van der Waals surface area contributed by atoms with E-state index in [-0.39, 0.29) is 0 Å². The summed E-state index contributed by atoms with van der Waals surface area (Å²) >= 11 is -0.826. The van der Waals surface area contributed by atoms with Gasteiger partial charge in [0.25, 0.3) is 0 Å². The minimum absolute atomic E-state index is 0.516. The van der Waals surface area contributed by atoms with Gasteiger partial charge in [0.1, 0.15) is 0 Å². The van der Waals surface area contributed by atoms with Gasteiger partial charge in [-0.15, -0.1) is 69.1 Å². The molecule has 0 heterocycles. The zero-order valence-corrected chi connectivity index (χ0v) is 52.7. The molecule has 0 nitrogen and oxygen atoms in total. The summed E-state index contributed by atoms with van der Waals surface area (Å²) in [5, 5.41) is 8.80. The molecule has 0 aliphatic heterocycles. The Morgan fingerprint density at radius 1 is 0.486 bits per heavy atom. The predicted molar refractivity (Wildman–Crippen MR) is 321 cm³/mol. The molecule has 2 aliphatic carbocycles. The summed E-state index contributed by atoms with van der Waals surface area (Å²) in [6.45, 7) is 23.6. The minimum atomic E-state index is -1.26. The van der Waals surface area contributed by atoms with E-state index in [2.05, 4.69) is 175 Å². The average molecular weight is 1110 g/mol. The Bertz CT molecular complexity index is 2200. The van der Waals surface area contributed by atoms with Gasteiger partial charge in [-0.25, -0.2) is 0 Å². The third-order valence-electron chi connectivity index (χ3n) is 15.8. The van der Waals surface area contributed by atoms with E-state index >= 15 is 0 Å². The van der Waals surface area contributed by atoms with E-state index in [0.717, 1.165) is 9.52 Å². The van der Waals surface area contributed by atoms with Gasteiger partial charge in [-0.05, 0) is 73.3 Å². The Kier molecular flexibility index (Phi) is 24.8. The first kappa shape index (κ1) is 59.1. The maximum absolute atomic E-state index is 4.93. The van der Waals surface area contributed by atoms with E-state index < -0.39 is 37.0 Å². The van der Waals surface area contributed by atoms with Crippen LogP contribution in [0.25, 0.3) is 43.8 Å². The van der Waals surface area contributed by atoms with E-state index in [1.165, 1.54) is 185 Å². The number of benzene rings is 4. The van der Waals surface area contributed by atoms with Crippen molar-refractivity contribution in [3.63, 3.8) is 0 Å². The maximum atomic E-state index is 4.93. The first-order valence-electron chi connectivity index (χ1n) is 27.8. The Labute approximate surface area is 452 Å². The molecule has 0 atom stereocenters. The fraction of sp³-hybridized carbons (Fsp3) is 0.531. The quantitative estimate of drug-likeness (QED) is 0.0846. The van der Waals surface area contributed by atoms with Crippen molar-refractivity contribution in [2.45, 2.75) is 207 Å². The molecule has 6 aromatic rings. The number of rotatable bonds is 12. The molecule has 0 aromatic heterocycles. The fourth-order valence-corrected chi connectivity index (χ4v) is 14.6. The van der Waals surface area contributed by atoms with Gasteiger partial charge < -0.3 is 0 Å². The fourth-order valence-electron chi connectivity index (χ4n) is 12.2. The van der Waals surface area contributed by atoms with Gasteiger partial charge in [0, 0.05) is 9.52 Å². The Morgan fingerprint density at radius 2 is 0.786 bits per heavy atom. The second-order valence-corrected chi connectivity index (χ2v) is 38.6. The molecule has 2 aliphatic rings. The molecule has 0 unspecified atom stereocenters. The van der Waals surface area contributed by atoms with Gasteiger partial charge in [0.2, 0.25) is 0 Å². The van der Waals surface area contributed by atoms with Crippen LogP contribution in [0.4, 0.5) is 0 Å². The van der Waals surface area contributed by atoms with Crippen LogP contribution in [-0.4, -0.2) is 25.7 Å². The van der Waals surface area contributed by atoms with Crippen molar-refractivity contribution in [1.29, 1.82) is 0 Å². The molecule has 6 heteroatoms. The monoisotopic (exact) mass is 1100 g/mol. The Morgan fingerprint density at radius 3 is 1.07 bits per heavy atom. The van der Waals surface area contributed by atoms with Crippen LogP contribution in [-0.2, 0) is 33.7 Å². The van der Waals surface area contributed by atoms with Gasteiger partial charge in [0.05, 0.1) is 16.1 Å². The van der Waals surface area contributed by atoms with Crippen LogP contribution in [0, 0.1) is 10.8 Å². The van der Waals surface area contributed by atoms with Crippen molar-refractivity contribution in [2.75, 3.05) is 0 Å². The molecule has 6 aromatic carbocycles. The Hall–Kier alpha value is -1.79. The average Bonchev–Trinajstić information content (AvgIpc) is 3.98. The van der Waals surface area contributed by atoms with Crippen molar-refractivity contribution in [2.24, 2.45) is 10.8 Å². The van der Waals surface area contributed by atoms with Crippen molar-refractivity contribution in [3.05, 3.63) is 120 Å². The van der Waals surface area contributed by atoms with E-state index in [1.807, 2.05) is 0 Å². The van der Waals surface area contributed by atoms with Gasteiger partial charge in [0.15, 0.2) is 0 Å². The van der Waals surface area contributed by atoms with Gasteiger partial charge >= 0.3 is 37.9 Å². The van der Waals surface area contributed by atoms with Crippen molar-refractivity contribution in [1.82, 2.24) is 0 Å². The number of halogens is 2. The molecule has 0 saturated heterocycles. The Balaban J connectivity index is 0.000000235. The summed E-state index contributed by atoms with van der Waals surface area (Å²) in [4.78, 5) is 0. The van der Waals surface area contributed by atoms with Crippen molar-refractivity contribution in [3.8, 4) is 22.3 Å². The van der Waals surface area contributed by atoms with Crippen LogP contribution >= 0.6 is 17.0 Å². The molecule has 2 saturated carbocycles. The number of fused-ring (bicyclic) bond motifs is 2.